The Morgan fingerprint density at radius 3 is 2.28 bits per heavy atom. The van der Waals surface area contributed by atoms with Crippen LogP contribution in [0.15, 0.2) is 22.8 Å². The topological polar surface area (TPSA) is 63.6 Å². The maximum atomic E-state index is 12.5. The van der Waals surface area contributed by atoms with Crippen molar-refractivity contribution in [3.05, 3.63) is 22.8 Å². The third-order valence-electron chi connectivity index (χ3n) is 11.9. The highest BCUT2D eigenvalue weighted by Crippen LogP contribution is 2.72. The molecule has 0 radical (unpaired) electrons. The zero-order valence-corrected chi connectivity index (χ0v) is 24.1. The van der Waals surface area contributed by atoms with E-state index in [1.54, 1.807) is 11.1 Å². The summed E-state index contributed by atoms with van der Waals surface area (Å²) in [6.45, 7) is 17.8. The van der Waals surface area contributed by atoms with E-state index in [0.29, 0.717) is 5.92 Å². The van der Waals surface area contributed by atoms with Crippen LogP contribution in [-0.4, -0.2) is 23.1 Å². The van der Waals surface area contributed by atoms with Crippen molar-refractivity contribution in [2.24, 2.45) is 39.4 Å². The Bertz CT molecular complexity index is 969. The summed E-state index contributed by atoms with van der Waals surface area (Å²) in [5.41, 5.74) is 4.85. The first kappa shape index (κ1) is 27.5. The van der Waals surface area contributed by atoms with E-state index in [2.05, 4.69) is 54.5 Å². The van der Waals surface area contributed by atoms with Crippen molar-refractivity contribution >= 4 is 11.9 Å². The number of hydrogen-bond donors (Lipinski definition) is 1. The molecule has 0 spiro atoms. The number of hydrogen-bond acceptors (Lipinski definition) is 3. The van der Waals surface area contributed by atoms with Gasteiger partial charge in [0.15, 0.2) is 0 Å². The van der Waals surface area contributed by atoms with Gasteiger partial charge in [0, 0.05) is 12.3 Å². The van der Waals surface area contributed by atoms with Gasteiger partial charge < -0.3 is 9.84 Å². The second-order valence-corrected chi connectivity index (χ2v) is 14.1. The molecule has 4 aliphatic rings. The van der Waals surface area contributed by atoms with E-state index in [4.69, 9.17) is 4.74 Å². The van der Waals surface area contributed by atoms with Gasteiger partial charge in [0.05, 0.1) is 5.92 Å². The van der Waals surface area contributed by atoms with Gasteiger partial charge in [-0.25, -0.2) is 0 Å². The van der Waals surface area contributed by atoms with Crippen LogP contribution >= 0.6 is 0 Å². The van der Waals surface area contributed by atoms with Gasteiger partial charge in [-0.2, -0.15) is 0 Å². The molecule has 4 unspecified atom stereocenters. The monoisotopic (exact) mass is 498 g/mol. The first-order valence-corrected chi connectivity index (χ1v) is 14.4. The Morgan fingerprint density at radius 2 is 1.67 bits per heavy atom. The average Bonchev–Trinajstić information content (AvgIpc) is 3.04. The highest BCUT2D eigenvalue weighted by Gasteiger charge is 2.64. The van der Waals surface area contributed by atoms with Gasteiger partial charge in [0.2, 0.25) is 0 Å². The smallest absolute Gasteiger partial charge is 0.306 e. The SMILES string of the molecule is CC(=O)OC1CC[C@]2(C)C3=C(CCC2C1(C)C)[C@@]1(C)CCC(C(CCC=C(C)C)C(=O)O)[C@]1(C)CC3. The number of esters is 1. The Kier molecular flexibility index (Phi) is 7.10. The fourth-order valence-corrected chi connectivity index (χ4v) is 9.81. The van der Waals surface area contributed by atoms with Crippen LogP contribution in [0.1, 0.15) is 120 Å². The fraction of sp³-hybridized carbons (Fsp3) is 0.812. The van der Waals surface area contributed by atoms with Crippen molar-refractivity contribution in [3.63, 3.8) is 0 Å². The van der Waals surface area contributed by atoms with Crippen LogP contribution in [0.4, 0.5) is 0 Å². The van der Waals surface area contributed by atoms with E-state index in [-0.39, 0.29) is 45.6 Å². The quantitative estimate of drug-likeness (QED) is 0.297. The van der Waals surface area contributed by atoms with Crippen molar-refractivity contribution in [2.75, 3.05) is 0 Å². The van der Waals surface area contributed by atoms with Crippen LogP contribution in [0.25, 0.3) is 0 Å². The number of rotatable bonds is 6. The molecular formula is C32H50O4. The van der Waals surface area contributed by atoms with Gasteiger partial charge in [-0.15, -0.1) is 0 Å². The summed E-state index contributed by atoms with van der Waals surface area (Å²) in [6.07, 6.45) is 12.4. The number of aliphatic carboxylic acids is 1. The third kappa shape index (κ3) is 4.09. The van der Waals surface area contributed by atoms with Crippen molar-refractivity contribution in [1.29, 1.82) is 0 Å². The third-order valence-corrected chi connectivity index (χ3v) is 11.9. The number of fused-ring (bicyclic) bond motifs is 4. The van der Waals surface area contributed by atoms with E-state index in [0.717, 1.165) is 64.2 Å². The molecule has 0 amide bonds. The standard InChI is InChI=1S/C32H50O4/c1-20(2)10-9-11-22(28(34)35)23-14-18-32(8)25-12-13-26-29(4,5)27(36-21(3)33)16-17-30(26,6)24(25)15-19-31(23,32)7/h10,22-23,26-27H,9,11-19H2,1-8H3,(H,34,35)/t22?,23?,26?,27?,30-,31+,32-/m1/s1. The molecule has 4 aliphatic carbocycles. The van der Waals surface area contributed by atoms with Crippen LogP contribution in [0.5, 0.6) is 0 Å². The van der Waals surface area contributed by atoms with Crippen molar-refractivity contribution < 1.29 is 19.4 Å². The number of carboxylic acid groups (broad SMARTS) is 1. The van der Waals surface area contributed by atoms with Gasteiger partial charge >= 0.3 is 11.9 Å². The van der Waals surface area contributed by atoms with E-state index in [9.17, 15) is 14.7 Å². The van der Waals surface area contributed by atoms with Gasteiger partial charge in [0.1, 0.15) is 6.10 Å². The second-order valence-electron chi connectivity index (χ2n) is 14.1. The van der Waals surface area contributed by atoms with Gasteiger partial charge in [-0.1, -0.05) is 57.4 Å². The lowest BCUT2D eigenvalue weighted by Gasteiger charge is -2.62. The van der Waals surface area contributed by atoms with Crippen molar-refractivity contribution in [2.45, 2.75) is 126 Å². The maximum absolute atomic E-state index is 12.5. The molecule has 0 aromatic heterocycles. The number of ether oxygens (including phenoxy) is 1. The van der Waals surface area contributed by atoms with Crippen LogP contribution in [0.3, 0.4) is 0 Å². The second kappa shape index (κ2) is 9.31. The number of allylic oxidation sites excluding steroid dienone is 4. The predicted molar refractivity (Wildman–Crippen MR) is 144 cm³/mol. The zero-order chi connectivity index (χ0) is 26.7. The summed E-state index contributed by atoms with van der Waals surface area (Å²) in [6, 6.07) is 0. The lowest BCUT2D eigenvalue weighted by atomic mass is 9.43. The predicted octanol–water partition coefficient (Wildman–Crippen LogP) is 8.11. The molecule has 0 saturated heterocycles. The van der Waals surface area contributed by atoms with E-state index >= 15 is 0 Å². The van der Waals surface area contributed by atoms with Crippen LogP contribution in [0.2, 0.25) is 0 Å². The number of carbonyl (C=O) groups excluding carboxylic acids is 1. The Morgan fingerprint density at radius 1 is 0.972 bits per heavy atom. The summed E-state index contributed by atoms with van der Waals surface area (Å²) < 4.78 is 5.84. The van der Waals surface area contributed by atoms with Crippen molar-refractivity contribution in [3.8, 4) is 0 Å². The molecule has 0 aromatic carbocycles. The van der Waals surface area contributed by atoms with Gasteiger partial charge in [0.25, 0.3) is 0 Å². The molecule has 4 heteroatoms. The van der Waals surface area contributed by atoms with E-state index < -0.39 is 5.97 Å². The molecule has 0 bridgehead atoms. The minimum atomic E-state index is -0.603. The molecular weight excluding hydrogens is 448 g/mol. The van der Waals surface area contributed by atoms with Crippen molar-refractivity contribution in [1.82, 2.24) is 0 Å². The van der Waals surface area contributed by atoms with Crippen LogP contribution < -0.4 is 0 Å². The number of carboxylic acids is 1. The normalized spacial score (nSPS) is 39.9. The Balaban J connectivity index is 1.67. The minimum absolute atomic E-state index is 0.00680. The molecule has 36 heavy (non-hydrogen) atoms. The number of carbonyl (C=O) groups is 2. The molecule has 2 saturated carbocycles. The zero-order valence-electron chi connectivity index (χ0n) is 24.1. The molecule has 7 atom stereocenters. The molecule has 1 N–H and O–H groups in total. The summed E-state index contributed by atoms with van der Waals surface area (Å²) in [5, 5.41) is 10.3. The highest BCUT2D eigenvalue weighted by molar-refractivity contribution is 5.70. The van der Waals surface area contributed by atoms with Gasteiger partial charge in [-0.3, -0.25) is 9.59 Å². The lowest BCUT2D eigenvalue weighted by Crippen LogP contribution is -2.56. The van der Waals surface area contributed by atoms with E-state index in [1.165, 1.54) is 12.5 Å². The maximum Gasteiger partial charge on any atom is 0.306 e. The summed E-state index contributed by atoms with van der Waals surface area (Å²) in [4.78, 5) is 24.3. The molecule has 0 aromatic rings. The molecule has 0 heterocycles. The highest BCUT2D eigenvalue weighted by atomic mass is 16.5. The molecule has 0 aliphatic heterocycles. The Labute approximate surface area is 219 Å². The summed E-state index contributed by atoms with van der Waals surface area (Å²) in [5.74, 6) is -0.291. The first-order valence-electron chi connectivity index (χ1n) is 14.4. The molecule has 202 valence electrons. The Hall–Kier alpha value is -1.58. The van der Waals surface area contributed by atoms with Gasteiger partial charge in [-0.05, 0) is 106 Å². The van der Waals surface area contributed by atoms with E-state index in [1.807, 2.05) is 0 Å². The summed E-state index contributed by atoms with van der Waals surface area (Å²) >= 11 is 0. The molecule has 4 nitrogen and oxygen atoms in total. The van der Waals surface area contributed by atoms with Crippen LogP contribution in [0, 0.1) is 39.4 Å². The first-order chi connectivity index (χ1) is 16.7. The average molecular weight is 499 g/mol. The lowest BCUT2D eigenvalue weighted by molar-refractivity contribution is -0.167. The fourth-order valence-electron chi connectivity index (χ4n) is 9.81. The summed E-state index contributed by atoms with van der Waals surface area (Å²) in [7, 11) is 0. The van der Waals surface area contributed by atoms with Crippen LogP contribution in [-0.2, 0) is 14.3 Å². The largest absolute Gasteiger partial charge is 0.481 e. The molecule has 2 fully saturated rings. The molecule has 4 rings (SSSR count). The minimum Gasteiger partial charge on any atom is -0.481 e.